The minimum absolute atomic E-state index is 0.126. The summed E-state index contributed by atoms with van der Waals surface area (Å²) in [6, 6.07) is 11.9. The molecule has 2 aromatic carbocycles. The molecule has 0 aliphatic carbocycles. The van der Waals surface area contributed by atoms with Gasteiger partial charge in [-0.05, 0) is 36.4 Å². The first-order valence-electron chi connectivity index (χ1n) is 10.1. The number of anilines is 3. The number of benzene rings is 2. The average molecular weight is 466 g/mol. The number of nitrogens with zero attached hydrogens (tertiary/aromatic N) is 3. The van der Waals surface area contributed by atoms with Gasteiger partial charge in [-0.1, -0.05) is 32.1 Å². The highest BCUT2D eigenvalue weighted by Gasteiger charge is 2.20. The molecular formula is C22H23N7O3S. The van der Waals surface area contributed by atoms with Crippen LogP contribution in [0.2, 0.25) is 0 Å². The average Bonchev–Trinajstić information content (AvgIpc) is 3.35. The molecule has 33 heavy (non-hydrogen) atoms. The first-order valence-corrected chi connectivity index (χ1v) is 10.9. The summed E-state index contributed by atoms with van der Waals surface area (Å²) in [5, 5.41) is 17.5. The molecule has 2 heterocycles. The number of aromatic amines is 1. The Kier molecular flexibility index (Phi) is 5.97. The van der Waals surface area contributed by atoms with Crippen LogP contribution < -0.4 is 20.7 Å². The third kappa shape index (κ3) is 5.63. The van der Waals surface area contributed by atoms with Crippen molar-refractivity contribution in [2.45, 2.75) is 33.1 Å². The number of fused-ring (bicyclic) bond motifs is 1. The van der Waals surface area contributed by atoms with E-state index in [0.717, 1.165) is 10.5 Å². The molecule has 0 aliphatic rings. The van der Waals surface area contributed by atoms with Crippen molar-refractivity contribution in [3.8, 4) is 11.5 Å². The Morgan fingerprint density at radius 2 is 1.70 bits per heavy atom. The molecule has 0 saturated carbocycles. The Balaban J connectivity index is 1.36. The molecule has 2 aromatic heterocycles. The van der Waals surface area contributed by atoms with E-state index in [2.05, 4.69) is 36.1 Å². The Morgan fingerprint density at radius 3 is 2.36 bits per heavy atom. The van der Waals surface area contributed by atoms with Gasteiger partial charge in [0, 0.05) is 24.1 Å². The Morgan fingerprint density at radius 1 is 0.970 bits per heavy atom. The number of nitrogens with one attached hydrogen (secondary N) is 4. The van der Waals surface area contributed by atoms with Gasteiger partial charge in [-0.15, -0.1) is 10.2 Å². The van der Waals surface area contributed by atoms with Crippen LogP contribution in [-0.2, 0) is 10.2 Å². The second-order valence-corrected chi connectivity index (χ2v) is 9.29. The lowest BCUT2D eigenvalue weighted by Gasteiger charge is -2.12. The minimum atomic E-state index is -0.403. The maximum atomic E-state index is 12.3. The van der Waals surface area contributed by atoms with E-state index < -0.39 is 6.03 Å². The number of aromatic nitrogens is 4. The normalized spacial score (nSPS) is 11.3. The number of hydrogen-bond donors (Lipinski definition) is 4. The lowest BCUT2D eigenvalue weighted by Crippen LogP contribution is -2.19. The van der Waals surface area contributed by atoms with Crippen molar-refractivity contribution in [3.63, 3.8) is 0 Å². The van der Waals surface area contributed by atoms with Crippen LogP contribution in [0.4, 0.5) is 21.6 Å². The quantitative estimate of drug-likeness (QED) is 0.324. The van der Waals surface area contributed by atoms with Crippen molar-refractivity contribution in [1.29, 1.82) is 0 Å². The fourth-order valence-electron chi connectivity index (χ4n) is 2.85. The van der Waals surface area contributed by atoms with Crippen LogP contribution in [0.3, 0.4) is 0 Å². The fourth-order valence-corrected chi connectivity index (χ4v) is 3.65. The Hall–Kier alpha value is -3.99. The van der Waals surface area contributed by atoms with Crippen LogP contribution in [0.5, 0.6) is 11.5 Å². The SMILES string of the molecule is CC(=O)Nc1nc2cc(Oc3ccc(NC(=O)Nc4nnc(C(C)(C)C)s4)cc3)ccc2[nH]1. The number of urea groups is 1. The summed E-state index contributed by atoms with van der Waals surface area (Å²) in [4.78, 5) is 30.8. The summed E-state index contributed by atoms with van der Waals surface area (Å²) in [6.45, 7) is 7.54. The molecule has 0 saturated heterocycles. The highest BCUT2D eigenvalue weighted by Crippen LogP contribution is 2.28. The molecule has 11 heteroatoms. The third-order valence-corrected chi connectivity index (χ3v) is 5.65. The molecule has 0 bridgehead atoms. The van der Waals surface area contributed by atoms with Gasteiger partial charge in [0.05, 0.1) is 11.0 Å². The van der Waals surface area contributed by atoms with E-state index >= 15 is 0 Å². The van der Waals surface area contributed by atoms with E-state index in [4.69, 9.17) is 4.74 Å². The van der Waals surface area contributed by atoms with E-state index in [0.29, 0.717) is 33.8 Å². The smallest absolute Gasteiger partial charge is 0.325 e. The predicted octanol–water partition coefficient (Wildman–Crippen LogP) is 5.11. The van der Waals surface area contributed by atoms with Crippen molar-refractivity contribution in [2.75, 3.05) is 16.0 Å². The summed E-state index contributed by atoms with van der Waals surface area (Å²) in [6.07, 6.45) is 0. The largest absolute Gasteiger partial charge is 0.457 e. The van der Waals surface area contributed by atoms with E-state index in [1.54, 1.807) is 36.4 Å². The standard InChI is InChI=1S/C22H23N7O3S/c1-12(30)23-19-25-16-10-9-15(11-17(16)26-19)32-14-7-5-13(6-8-14)24-20(31)27-21-29-28-18(33-21)22(2,3)4/h5-11H,1-4H3,(H2,23,25,26,30)(H2,24,27,29,31). The molecular weight excluding hydrogens is 442 g/mol. The van der Waals surface area contributed by atoms with Gasteiger partial charge < -0.3 is 15.0 Å². The van der Waals surface area contributed by atoms with Crippen LogP contribution in [0.25, 0.3) is 11.0 Å². The Labute approximate surface area is 193 Å². The molecule has 3 amide bonds. The number of carbonyl (C=O) groups is 2. The highest BCUT2D eigenvalue weighted by molar-refractivity contribution is 7.15. The molecule has 0 fully saturated rings. The number of imidazole rings is 1. The second kappa shape index (κ2) is 8.87. The van der Waals surface area contributed by atoms with Crippen LogP contribution >= 0.6 is 11.3 Å². The zero-order valence-corrected chi connectivity index (χ0v) is 19.3. The maximum Gasteiger partial charge on any atom is 0.325 e. The number of amides is 3. The second-order valence-electron chi connectivity index (χ2n) is 8.31. The van der Waals surface area contributed by atoms with Gasteiger partial charge in [-0.2, -0.15) is 0 Å². The van der Waals surface area contributed by atoms with Crippen LogP contribution in [0.15, 0.2) is 42.5 Å². The maximum absolute atomic E-state index is 12.3. The van der Waals surface area contributed by atoms with Gasteiger partial charge in [0.2, 0.25) is 17.0 Å². The van der Waals surface area contributed by atoms with E-state index in [1.165, 1.54) is 18.3 Å². The van der Waals surface area contributed by atoms with Gasteiger partial charge >= 0.3 is 6.03 Å². The molecule has 0 aliphatic heterocycles. The van der Waals surface area contributed by atoms with Gasteiger partial charge in [0.1, 0.15) is 16.5 Å². The van der Waals surface area contributed by atoms with Crippen molar-refractivity contribution < 1.29 is 14.3 Å². The first-order chi connectivity index (χ1) is 15.7. The van der Waals surface area contributed by atoms with Crippen molar-refractivity contribution in [1.82, 2.24) is 20.2 Å². The zero-order valence-electron chi connectivity index (χ0n) is 18.5. The molecule has 0 spiro atoms. The van der Waals surface area contributed by atoms with Crippen LogP contribution in [0, 0.1) is 0 Å². The van der Waals surface area contributed by atoms with E-state index in [1.807, 2.05) is 26.8 Å². The summed E-state index contributed by atoms with van der Waals surface area (Å²) >= 11 is 1.35. The van der Waals surface area contributed by atoms with Gasteiger partial charge in [-0.3, -0.25) is 15.4 Å². The lowest BCUT2D eigenvalue weighted by molar-refractivity contribution is -0.114. The molecule has 0 radical (unpaired) electrons. The third-order valence-electron chi connectivity index (χ3n) is 4.38. The predicted molar refractivity (Wildman–Crippen MR) is 128 cm³/mol. The van der Waals surface area contributed by atoms with E-state index in [9.17, 15) is 9.59 Å². The van der Waals surface area contributed by atoms with Crippen molar-refractivity contribution in [2.24, 2.45) is 0 Å². The topological polar surface area (TPSA) is 134 Å². The van der Waals surface area contributed by atoms with Crippen LogP contribution in [-0.4, -0.2) is 32.1 Å². The molecule has 0 atom stereocenters. The lowest BCUT2D eigenvalue weighted by atomic mass is 9.98. The monoisotopic (exact) mass is 465 g/mol. The van der Waals surface area contributed by atoms with Crippen molar-refractivity contribution >= 4 is 51.1 Å². The summed E-state index contributed by atoms with van der Waals surface area (Å²) in [5.41, 5.74) is 1.92. The van der Waals surface area contributed by atoms with E-state index in [-0.39, 0.29) is 11.3 Å². The number of carbonyl (C=O) groups excluding carboxylic acids is 2. The summed E-state index contributed by atoms with van der Waals surface area (Å²) in [5.74, 6) is 1.36. The highest BCUT2D eigenvalue weighted by atomic mass is 32.1. The molecule has 10 nitrogen and oxygen atoms in total. The van der Waals surface area contributed by atoms with Gasteiger partial charge in [0.15, 0.2) is 0 Å². The molecule has 4 N–H and O–H groups in total. The number of rotatable bonds is 5. The number of ether oxygens (including phenoxy) is 1. The number of hydrogen-bond acceptors (Lipinski definition) is 7. The molecule has 4 rings (SSSR count). The van der Waals surface area contributed by atoms with Gasteiger partial charge in [-0.25, -0.2) is 9.78 Å². The van der Waals surface area contributed by atoms with Crippen molar-refractivity contribution in [3.05, 3.63) is 47.5 Å². The Bertz CT molecular complexity index is 1310. The first kappa shape index (κ1) is 22.2. The summed E-state index contributed by atoms with van der Waals surface area (Å²) in [7, 11) is 0. The molecule has 0 unspecified atom stereocenters. The van der Waals surface area contributed by atoms with Crippen LogP contribution in [0.1, 0.15) is 32.7 Å². The number of H-pyrrole nitrogens is 1. The van der Waals surface area contributed by atoms with Gasteiger partial charge in [0.25, 0.3) is 0 Å². The minimum Gasteiger partial charge on any atom is -0.457 e. The molecule has 170 valence electrons. The molecule has 4 aromatic rings. The summed E-state index contributed by atoms with van der Waals surface area (Å²) < 4.78 is 5.88. The zero-order chi connectivity index (χ0) is 23.6. The fraction of sp³-hybridized carbons (Fsp3) is 0.227.